The van der Waals surface area contributed by atoms with Gasteiger partial charge in [-0.05, 0) is 68.0 Å². The molecule has 1 saturated heterocycles. The molecule has 0 aliphatic carbocycles. The molecule has 4 rings (SSSR count). The van der Waals surface area contributed by atoms with Crippen LogP contribution in [0.4, 0.5) is 0 Å². The van der Waals surface area contributed by atoms with E-state index in [-0.39, 0.29) is 28.5 Å². The van der Waals surface area contributed by atoms with Gasteiger partial charge in [-0.15, -0.1) is 0 Å². The first-order valence-corrected chi connectivity index (χ1v) is 12.7. The van der Waals surface area contributed by atoms with Crippen LogP contribution in [0.15, 0.2) is 41.3 Å². The number of hydrogen-bond acceptors (Lipinski definition) is 5. The van der Waals surface area contributed by atoms with Crippen LogP contribution in [-0.2, 0) is 10.0 Å². The van der Waals surface area contributed by atoms with Crippen molar-refractivity contribution < 1.29 is 22.8 Å². The zero-order valence-electron chi connectivity index (χ0n) is 19.9. The van der Waals surface area contributed by atoms with Crippen molar-refractivity contribution in [3.63, 3.8) is 0 Å². The zero-order chi connectivity index (χ0) is 24.8. The van der Waals surface area contributed by atoms with Gasteiger partial charge >= 0.3 is 0 Å². The number of benzene rings is 2. The number of nitrogens with zero attached hydrogens (tertiary/aromatic N) is 3. The highest BCUT2D eigenvalue weighted by atomic mass is 32.2. The highest BCUT2D eigenvalue weighted by Crippen LogP contribution is 2.28. The number of imide groups is 1. The van der Waals surface area contributed by atoms with Crippen molar-refractivity contribution in [2.45, 2.75) is 31.6 Å². The van der Waals surface area contributed by atoms with E-state index in [1.54, 1.807) is 49.1 Å². The van der Waals surface area contributed by atoms with Gasteiger partial charge in [0.25, 0.3) is 17.7 Å². The molecule has 3 amide bonds. The first kappa shape index (κ1) is 24.1. The summed E-state index contributed by atoms with van der Waals surface area (Å²) in [6.45, 7) is 4.84. The van der Waals surface area contributed by atoms with Gasteiger partial charge in [-0.25, -0.2) is 12.7 Å². The lowest BCUT2D eigenvalue weighted by Gasteiger charge is -2.33. The molecule has 1 fully saturated rings. The summed E-state index contributed by atoms with van der Waals surface area (Å²) in [6, 6.07) is 10.0. The predicted molar refractivity (Wildman–Crippen MR) is 127 cm³/mol. The van der Waals surface area contributed by atoms with Crippen LogP contribution in [0.25, 0.3) is 0 Å². The lowest BCUT2D eigenvalue weighted by Crippen LogP contribution is -2.43. The monoisotopic (exact) mass is 483 g/mol. The van der Waals surface area contributed by atoms with Crippen LogP contribution < -0.4 is 0 Å². The molecule has 0 aromatic heterocycles. The van der Waals surface area contributed by atoms with Crippen molar-refractivity contribution >= 4 is 27.7 Å². The Hall–Kier alpha value is -3.04. The number of rotatable bonds is 5. The minimum Gasteiger partial charge on any atom is -0.339 e. The third-order valence-electron chi connectivity index (χ3n) is 6.85. The van der Waals surface area contributed by atoms with Crippen LogP contribution in [-0.4, -0.2) is 74.0 Å². The Morgan fingerprint density at radius 1 is 1.00 bits per heavy atom. The van der Waals surface area contributed by atoms with E-state index in [1.165, 1.54) is 25.1 Å². The minimum atomic E-state index is -3.68. The number of amides is 3. The van der Waals surface area contributed by atoms with E-state index in [9.17, 15) is 22.8 Å². The van der Waals surface area contributed by atoms with Gasteiger partial charge in [-0.3, -0.25) is 19.3 Å². The predicted octanol–water partition coefficient (Wildman–Crippen LogP) is 2.70. The molecule has 0 N–H and O–H groups in total. The summed E-state index contributed by atoms with van der Waals surface area (Å²) < 4.78 is 26.6. The Labute approximate surface area is 200 Å². The summed E-state index contributed by atoms with van der Waals surface area (Å²) in [5.41, 5.74) is 2.61. The molecule has 2 aromatic carbocycles. The van der Waals surface area contributed by atoms with Gasteiger partial charge in [0.05, 0.1) is 16.0 Å². The minimum absolute atomic E-state index is 0.107. The molecule has 0 saturated carbocycles. The fraction of sp³-hybridized carbons (Fsp3) is 0.400. The average Bonchev–Trinajstić information content (AvgIpc) is 3.05. The van der Waals surface area contributed by atoms with Gasteiger partial charge in [-0.2, -0.15) is 0 Å². The Bertz CT molecular complexity index is 1240. The van der Waals surface area contributed by atoms with Crippen molar-refractivity contribution in [2.24, 2.45) is 5.92 Å². The smallest absolute Gasteiger partial charge is 0.261 e. The second kappa shape index (κ2) is 8.96. The number of likely N-dealkylation sites (tertiary alicyclic amines) is 1. The molecule has 0 atom stereocenters. The Kier molecular flexibility index (Phi) is 6.35. The number of piperidine rings is 1. The number of carbonyl (C=O) groups is 3. The fourth-order valence-corrected chi connectivity index (χ4v) is 5.80. The molecule has 2 aliphatic heterocycles. The SMILES string of the molecule is Cc1cc(C(=O)N2CCC(CN3C(=O)c4ccccc4C3=O)CC2)cc(S(=O)(=O)N(C)C)c1C. The van der Waals surface area contributed by atoms with Crippen molar-refractivity contribution in [3.05, 3.63) is 64.2 Å². The molecule has 34 heavy (non-hydrogen) atoms. The number of fused-ring (bicyclic) bond motifs is 1. The van der Waals surface area contributed by atoms with Crippen molar-refractivity contribution in [1.29, 1.82) is 0 Å². The summed E-state index contributed by atoms with van der Waals surface area (Å²) in [6.07, 6.45) is 1.32. The highest BCUT2D eigenvalue weighted by Gasteiger charge is 2.37. The van der Waals surface area contributed by atoms with Crippen LogP contribution in [0.5, 0.6) is 0 Å². The molecule has 2 aliphatic rings. The van der Waals surface area contributed by atoms with Crippen molar-refractivity contribution in [3.8, 4) is 0 Å². The second-order valence-corrected chi connectivity index (χ2v) is 11.3. The van der Waals surface area contributed by atoms with Crippen LogP contribution >= 0.6 is 0 Å². The lowest BCUT2D eigenvalue weighted by molar-refractivity contribution is 0.0557. The molecule has 2 aromatic rings. The van der Waals surface area contributed by atoms with E-state index in [4.69, 9.17) is 0 Å². The number of carbonyl (C=O) groups excluding carboxylic acids is 3. The highest BCUT2D eigenvalue weighted by molar-refractivity contribution is 7.89. The van der Waals surface area contributed by atoms with Gasteiger partial charge in [0.1, 0.15) is 0 Å². The average molecular weight is 484 g/mol. The first-order chi connectivity index (χ1) is 16.0. The molecular weight excluding hydrogens is 454 g/mol. The fourth-order valence-electron chi connectivity index (χ4n) is 4.58. The van der Waals surface area contributed by atoms with Gasteiger partial charge in [0.15, 0.2) is 0 Å². The standard InChI is InChI=1S/C25H29N3O5S/c1-16-13-19(14-22(17(16)2)34(32,33)26(3)4)23(29)27-11-9-18(10-12-27)15-28-24(30)20-7-5-6-8-21(20)25(28)31/h5-8,13-14,18H,9-12,15H2,1-4H3. The second-order valence-electron chi connectivity index (χ2n) is 9.21. The summed E-state index contributed by atoms with van der Waals surface area (Å²) in [5, 5.41) is 0. The third-order valence-corrected chi connectivity index (χ3v) is 8.79. The molecule has 9 heteroatoms. The summed E-state index contributed by atoms with van der Waals surface area (Å²) in [5.74, 6) is -0.624. The van der Waals surface area contributed by atoms with E-state index in [2.05, 4.69) is 0 Å². The third kappa shape index (κ3) is 4.14. The molecule has 2 heterocycles. The van der Waals surface area contributed by atoms with E-state index in [1.807, 2.05) is 0 Å². The maximum absolute atomic E-state index is 13.2. The van der Waals surface area contributed by atoms with Gasteiger partial charge in [0.2, 0.25) is 10.0 Å². The van der Waals surface area contributed by atoms with Crippen LogP contribution in [0.1, 0.15) is 55.0 Å². The summed E-state index contributed by atoms with van der Waals surface area (Å²) in [4.78, 5) is 41.7. The molecule has 0 spiro atoms. The number of hydrogen-bond donors (Lipinski definition) is 0. The number of aryl methyl sites for hydroxylation is 1. The topological polar surface area (TPSA) is 95.1 Å². The van der Waals surface area contributed by atoms with E-state index in [0.717, 1.165) is 9.87 Å². The van der Waals surface area contributed by atoms with Crippen LogP contribution in [0.2, 0.25) is 0 Å². The Balaban J connectivity index is 1.44. The maximum Gasteiger partial charge on any atom is 0.261 e. The summed E-state index contributed by atoms with van der Waals surface area (Å²) in [7, 11) is -0.739. The van der Waals surface area contributed by atoms with Crippen LogP contribution in [0.3, 0.4) is 0 Å². The lowest BCUT2D eigenvalue weighted by atomic mass is 9.95. The molecule has 0 bridgehead atoms. The van der Waals surface area contributed by atoms with Crippen molar-refractivity contribution in [1.82, 2.24) is 14.1 Å². The summed E-state index contributed by atoms with van der Waals surface area (Å²) >= 11 is 0. The van der Waals surface area contributed by atoms with Crippen molar-refractivity contribution in [2.75, 3.05) is 33.7 Å². The largest absolute Gasteiger partial charge is 0.339 e. The van der Waals surface area contributed by atoms with Gasteiger partial charge in [-0.1, -0.05) is 12.1 Å². The Morgan fingerprint density at radius 2 is 1.56 bits per heavy atom. The van der Waals surface area contributed by atoms with Gasteiger partial charge < -0.3 is 4.90 Å². The first-order valence-electron chi connectivity index (χ1n) is 11.3. The molecule has 180 valence electrons. The zero-order valence-corrected chi connectivity index (χ0v) is 20.7. The number of sulfonamides is 1. The van der Waals surface area contributed by atoms with Crippen LogP contribution in [0, 0.1) is 19.8 Å². The van der Waals surface area contributed by atoms with E-state index < -0.39 is 10.0 Å². The normalized spacial score (nSPS) is 17.0. The molecule has 8 nitrogen and oxygen atoms in total. The maximum atomic E-state index is 13.2. The Morgan fingerprint density at radius 3 is 2.09 bits per heavy atom. The quantitative estimate of drug-likeness (QED) is 0.610. The molecular formula is C25H29N3O5S. The van der Waals surface area contributed by atoms with E-state index in [0.29, 0.717) is 54.7 Å². The molecule has 0 radical (unpaired) electrons. The van der Waals surface area contributed by atoms with Gasteiger partial charge in [0, 0.05) is 39.3 Å². The molecule has 0 unspecified atom stereocenters. The van der Waals surface area contributed by atoms with E-state index >= 15 is 0 Å².